The Morgan fingerprint density at radius 1 is 1.04 bits per heavy atom. The molecule has 4 rings (SSSR count). The number of anilines is 2. The smallest absolute Gasteiger partial charge is 0.265 e. The quantitative estimate of drug-likeness (QED) is 0.749. The van der Waals surface area contributed by atoms with Gasteiger partial charge in [0, 0.05) is 11.3 Å². The molecule has 1 heterocycles. The predicted molar refractivity (Wildman–Crippen MR) is 104 cm³/mol. The van der Waals surface area contributed by atoms with Crippen LogP contribution in [0.4, 0.5) is 15.8 Å². The van der Waals surface area contributed by atoms with Gasteiger partial charge in [0.2, 0.25) is 0 Å². The molecule has 1 aliphatic rings. The summed E-state index contributed by atoms with van der Waals surface area (Å²) in [4.78, 5) is 26.4. The van der Waals surface area contributed by atoms with Crippen LogP contribution in [-0.2, 0) is 11.3 Å². The number of amides is 2. The first kappa shape index (κ1) is 17.7. The van der Waals surface area contributed by atoms with Gasteiger partial charge in [0.05, 0.1) is 12.2 Å². The number of hydrogen-bond acceptors (Lipinski definition) is 3. The Bertz CT molecular complexity index is 1040. The van der Waals surface area contributed by atoms with Crippen molar-refractivity contribution in [2.24, 2.45) is 0 Å². The summed E-state index contributed by atoms with van der Waals surface area (Å²) in [6, 6.07) is 20.2. The minimum Gasteiger partial charge on any atom is -0.482 e. The summed E-state index contributed by atoms with van der Waals surface area (Å²) in [5, 5.41) is 2.74. The normalized spacial score (nSPS) is 12.9. The molecule has 0 bridgehead atoms. The molecule has 3 aromatic rings. The Morgan fingerprint density at radius 3 is 2.64 bits per heavy atom. The van der Waals surface area contributed by atoms with Gasteiger partial charge in [-0.1, -0.05) is 36.4 Å². The van der Waals surface area contributed by atoms with Gasteiger partial charge in [0.15, 0.2) is 6.61 Å². The van der Waals surface area contributed by atoms with E-state index in [-0.39, 0.29) is 18.1 Å². The Morgan fingerprint density at radius 2 is 1.86 bits per heavy atom. The Hall–Kier alpha value is -3.67. The highest BCUT2D eigenvalue weighted by Gasteiger charge is 2.26. The van der Waals surface area contributed by atoms with Gasteiger partial charge in [0.1, 0.15) is 11.6 Å². The van der Waals surface area contributed by atoms with Gasteiger partial charge in [-0.25, -0.2) is 4.39 Å². The number of rotatable bonds is 4. The molecule has 0 aliphatic carbocycles. The van der Waals surface area contributed by atoms with Crippen molar-refractivity contribution >= 4 is 23.2 Å². The van der Waals surface area contributed by atoms with E-state index in [9.17, 15) is 14.0 Å². The largest absolute Gasteiger partial charge is 0.482 e. The summed E-state index contributed by atoms with van der Waals surface area (Å²) in [5.74, 6) is -0.507. The summed E-state index contributed by atoms with van der Waals surface area (Å²) in [6.07, 6.45) is 0. The molecule has 0 unspecified atom stereocenters. The molecule has 0 atom stereocenters. The van der Waals surface area contributed by atoms with Gasteiger partial charge in [-0.15, -0.1) is 0 Å². The molecule has 0 radical (unpaired) electrons. The predicted octanol–water partition coefficient (Wildman–Crippen LogP) is 4.00. The van der Waals surface area contributed by atoms with E-state index in [1.165, 1.54) is 24.3 Å². The maximum Gasteiger partial charge on any atom is 0.265 e. The molecule has 1 aliphatic heterocycles. The first-order valence-electron chi connectivity index (χ1n) is 8.78. The van der Waals surface area contributed by atoms with Crippen LogP contribution in [0.5, 0.6) is 5.75 Å². The molecule has 0 saturated carbocycles. The van der Waals surface area contributed by atoms with Crippen LogP contribution in [0.2, 0.25) is 0 Å². The van der Waals surface area contributed by atoms with Crippen molar-refractivity contribution in [3.63, 3.8) is 0 Å². The number of hydrogen-bond donors (Lipinski definition) is 1. The van der Waals surface area contributed by atoms with Crippen molar-refractivity contribution in [1.29, 1.82) is 0 Å². The third kappa shape index (κ3) is 3.71. The van der Waals surface area contributed by atoms with Crippen molar-refractivity contribution in [2.75, 3.05) is 16.8 Å². The van der Waals surface area contributed by atoms with Gasteiger partial charge in [-0.05, 0) is 42.0 Å². The number of nitrogens with one attached hydrogen (secondary N) is 1. The van der Waals surface area contributed by atoms with E-state index in [1.54, 1.807) is 23.1 Å². The SMILES string of the molecule is O=C(Nc1ccc2c(c1)N(Cc1ccccc1)C(=O)CO2)c1cccc(F)c1. The fraction of sp³-hybridized carbons (Fsp3) is 0.0909. The van der Waals surface area contributed by atoms with Crippen LogP contribution in [0.15, 0.2) is 72.8 Å². The molecule has 1 N–H and O–H groups in total. The van der Waals surface area contributed by atoms with E-state index in [4.69, 9.17) is 4.74 Å². The topological polar surface area (TPSA) is 58.6 Å². The molecule has 6 heteroatoms. The molecular weight excluding hydrogens is 359 g/mol. The highest BCUT2D eigenvalue weighted by atomic mass is 19.1. The zero-order valence-corrected chi connectivity index (χ0v) is 14.9. The van der Waals surface area contributed by atoms with E-state index in [2.05, 4.69) is 5.32 Å². The van der Waals surface area contributed by atoms with Crippen LogP contribution in [0, 0.1) is 5.82 Å². The molecule has 0 aromatic heterocycles. The zero-order chi connectivity index (χ0) is 19.5. The Labute approximate surface area is 161 Å². The Balaban J connectivity index is 1.60. The molecule has 28 heavy (non-hydrogen) atoms. The first-order valence-corrected chi connectivity index (χ1v) is 8.78. The standard InChI is InChI=1S/C22H17FN2O3/c23-17-8-4-7-16(11-17)22(27)24-18-9-10-20-19(12-18)25(21(26)14-28-20)13-15-5-2-1-3-6-15/h1-12H,13-14H2,(H,24,27). The van der Waals surface area contributed by atoms with Gasteiger partial charge in [-0.3, -0.25) is 9.59 Å². The molecule has 0 fully saturated rings. The van der Waals surface area contributed by atoms with Crippen molar-refractivity contribution in [1.82, 2.24) is 0 Å². The number of benzene rings is 3. The second kappa shape index (κ2) is 7.52. The van der Waals surface area contributed by atoms with E-state index in [0.717, 1.165) is 5.56 Å². The number of fused-ring (bicyclic) bond motifs is 1. The lowest BCUT2D eigenvalue weighted by Crippen LogP contribution is -2.38. The number of nitrogens with zero attached hydrogens (tertiary/aromatic N) is 1. The summed E-state index contributed by atoms with van der Waals surface area (Å²) >= 11 is 0. The molecule has 5 nitrogen and oxygen atoms in total. The molecule has 2 amide bonds. The van der Waals surface area contributed by atoms with E-state index in [1.807, 2.05) is 30.3 Å². The maximum atomic E-state index is 13.4. The minimum atomic E-state index is -0.480. The highest BCUT2D eigenvalue weighted by Crippen LogP contribution is 2.35. The van der Waals surface area contributed by atoms with Gasteiger partial charge >= 0.3 is 0 Å². The third-order valence-electron chi connectivity index (χ3n) is 4.43. The summed E-state index contributed by atoms with van der Waals surface area (Å²) in [7, 11) is 0. The van der Waals surface area contributed by atoms with Gasteiger partial charge < -0.3 is 15.0 Å². The minimum absolute atomic E-state index is 0.0329. The van der Waals surface area contributed by atoms with E-state index in [0.29, 0.717) is 23.7 Å². The lowest BCUT2D eigenvalue weighted by atomic mass is 10.1. The van der Waals surface area contributed by atoms with E-state index < -0.39 is 11.7 Å². The molecule has 0 spiro atoms. The molecule has 3 aromatic carbocycles. The second-order valence-electron chi connectivity index (χ2n) is 6.40. The second-order valence-corrected chi connectivity index (χ2v) is 6.40. The van der Waals surface area contributed by atoms with Crippen molar-refractivity contribution < 1.29 is 18.7 Å². The summed E-state index contributed by atoms with van der Waals surface area (Å²) in [6.45, 7) is 0.367. The van der Waals surface area contributed by atoms with Crippen molar-refractivity contribution in [2.45, 2.75) is 6.54 Å². The number of carbonyl (C=O) groups excluding carboxylic acids is 2. The number of ether oxygens (including phenoxy) is 1. The highest BCUT2D eigenvalue weighted by molar-refractivity contribution is 6.05. The fourth-order valence-electron chi connectivity index (χ4n) is 3.05. The van der Waals surface area contributed by atoms with Crippen LogP contribution >= 0.6 is 0 Å². The molecule has 140 valence electrons. The maximum absolute atomic E-state index is 13.4. The average Bonchev–Trinajstić information content (AvgIpc) is 2.71. The van der Waals surface area contributed by atoms with Crippen LogP contribution in [0.25, 0.3) is 0 Å². The third-order valence-corrected chi connectivity index (χ3v) is 4.43. The van der Waals surface area contributed by atoms with Crippen LogP contribution in [-0.4, -0.2) is 18.4 Å². The molecule has 0 saturated heterocycles. The van der Waals surface area contributed by atoms with Crippen LogP contribution in [0.1, 0.15) is 15.9 Å². The fourth-order valence-corrected chi connectivity index (χ4v) is 3.05. The molecular formula is C22H17FN2O3. The van der Waals surface area contributed by atoms with E-state index >= 15 is 0 Å². The van der Waals surface area contributed by atoms with Crippen LogP contribution in [0.3, 0.4) is 0 Å². The lowest BCUT2D eigenvalue weighted by molar-refractivity contribution is -0.121. The average molecular weight is 376 g/mol. The monoisotopic (exact) mass is 376 g/mol. The lowest BCUT2D eigenvalue weighted by Gasteiger charge is -2.30. The van der Waals surface area contributed by atoms with Gasteiger partial charge in [-0.2, -0.15) is 0 Å². The van der Waals surface area contributed by atoms with Crippen LogP contribution < -0.4 is 15.0 Å². The summed E-state index contributed by atoms with van der Waals surface area (Å²) in [5.41, 5.74) is 2.27. The van der Waals surface area contributed by atoms with Crippen molar-refractivity contribution in [3.8, 4) is 5.75 Å². The zero-order valence-electron chi connectivity index (χ0n) is 14.9. The van der Waals surface area contributed by atoms with Crippen molar-refractivity contribution in [3.05, 3.63) is 89.7 Å². The first-order chi connectivity index (χ1) is 13.6. The van der Waals surface area contributed by atoms with Gasteiger partial charge in [0.25, 0.3) is 11.8 Å². The number of halogens is 1. The number of carbonyl (C=O) groups is 2. The summed E-state index contributed by atoms with van der Waals surface area (Å²) < 4.78 is 18.9. The Kier molecular flexibility index (Phi) is 4.76.